The summed E-state index contributed by atoms with van der Waals surface area (Å²) in [7, 11) is 1.66. The smallest absolute Gasteiger partial charge is 0.161 e. The van der Waals surface area contributed by atoms with Gasteiger partial charge in [-0.15, -0.1) is 6.58 Å². The maximum absolute atomic E-state index is 5.56. The molecule has 0 unspecified atom stereocenters. The number of ether oxygens (including phenoxy) is 2. The lowest BCUT2D eigenvalue weighted by atomic mass is 10.2. The van der Waals surface area contributed by atoms with Crippen LogP contribution in [-0.2, 0) is 6.54 Å². The van der Waals surface area contributed by atoms with Gasteiger partial charge in [0.15, 0.2) is 11.5 Å². The molecule has 0 fully saturated rings. The lowest BCUT2D eigenvalue weighted by molar-refractivity contribution is 0.310. The SMILES string of the molecule is C=CCSCCNCc1ccc(OC)c(OCC)c1. The summed E-state index contributed by atoms with van der Waals surface area (Å²) >= 11 is 1.88. The van der Waals surface area contributed by atoms with E-state index in [1.165, 1.54) is 5.56 Å². The zero-order valence-electron chi connectivity index (χ0n) is 11.8. The Kier molecular flexibility index (Phi) is 8.18. The van der Waals surface area contributed by atoms with Gasteiger partial charge in [-0.2, -0.15) is 11.8 Å². The van der Waals surface area contributed by atoms with Crippen LogP contribution >= 0.6 is 11.8 Å². The van der Waals surface area contributed by atoms with E-state index in [1.807, 2.05) is 36.9 Å². The zero-order valence-corrected chi connectivity index (χ0v) is 12.6. The third-order valence-electron chi connectivity index (χ3n) is 2.52. The fourth-order valence-electron chi connectivity index (χ4n) is 1.64. The summed E-state index contributed by atoms with van der Waals surface area (Å²) in [6.07, 6.45) is 1.93. The first-order valence-corrected chi connectivity index (χ1v) is 7.66. The predicted molar refractivity (Wildman–Crippen MR) is 83.4 cm³/mol. The predicted octanol–water partition coefficient (Wildman–Crippen LogP) is 3.10. The number of thioether (sulfide) groups is 1. The van der Waals surface area contributed by atoms with Crippen molar-refractivity contribution < 1.29 is 9.47 Å². The molecule has 0 amide bonds. The third kappa shape index (κ3) is 6.03. The van der Waals surface area contributed by atoms with Gasteiger partial charge in [-0.25, -0.2) is 0 Å². The van der Waals surface area contributed by atoms with Crippen LogP contribution < -0.4 is 14.8 Å². The molecule has 1 aromatic rings. The number of nitrogens with one attached hydrogen (secondary N) is 1. The van der Waals surface area contributed by atoms with Gasteiger partial charge in [-0.3, -0.25) is 0 Å². The molecule has 0 aliphatic heterocycles. The summed E-state index contributed by atoms with van der Waals surface area (Å²) in [4.78, 5) is 0. The molecule has 0 radical (unpaired) electrons. The fraction of sp³-hybridized carbons (Fsp3) is 0.467. The van der Waals surface area contributed by atoms with E-state index in [1.54, 1.807) is 7.11 Å². The van der Waals surface area contributed by atoms with Crippen LogP contribution in [0.15, 0.2) is 30.9 Å². The Bertz CT molecular complexity index is 382. The van der Waals surface area contributed by atoms with Gasteiger partial charge in [0.25, 0.3) is 0 Å². The number of methoxy groups -OCH3 is 1. The molecule has 0 atom stereocenters. The van der Waals surface area contributed by atoms with Crippen molar-refractivity contribution in [3.05, 3.63) is 36.4 Å². The van der Waals surface area contributed by atoms with E-state index in [2.05, 4.69) is 18.0 Å². The molecule has 1 N–H and O–H groups in total. The monoisotopic (exact) mass is 281 g/mol. The lowest BCUT2D eigenvalue weighted by Crippen LogP contribution is -2.16. The number of rotatable bonds is 10. The van der Waals surface area contributed by atoms with E-state index >= 15 is 0 Å². The average Bonchev–Trinajstić information content (AvgIpc) is 2.43. The summed E-state index contributed by atoms with van der Waals surface area (Å²) < 4.78 is 10.8. The molecular weight excluding hydrogens is 258 g/mol. The molecule has 4 heteroatoms. The van der Waals surface area contributed by atoms with E-state index in [0.29, 0.717) is 6.61 Å². The van der Waals surface area contributed by atoms with E-state index in [9.17, 15) is 0 Å². The highest BCUT2D eigenvalue weighted by Gasteiger charge is 2.04. The van der Waals surface area contributed by atoms with Crippen LogP contribution in [0.2, 0.25) is 0 Å². The van der Waals surface area contributed by atoms with Crippen molar-refractivity contribution in [1.29, 1.82) is 0 Å². The van der Waals surface area contributed by atoms with Crippen LogP contribution in [0.5, 0.6) is 11.5 Å². The van der Waals surface area contributed by atoms with Crippen molar-refractivity contribution in [1.82, 2.24) is 5.32 Å². The Hall–Kier alpha value is -1.13. The first-order chi connectivity index (χ1) is 9.31. The van der Waals surface area contributed by atoms with Crippen LogP contribution in [0.3, 0.4) is 0 Å². The topological polar surface area (TPSA) is 30.5 Å². The quantitative estimate of drug-likeness (QED) is 0.527. The molecular formula is C15H23NO2S. The molecule has 0 heterocycles. The van der Waals surface area contributed by atoms with Crippen LogP contribution in [0.25, 0.3) is 0 Å². The van der Waals surface area contributed by atoms with Crippen LogP contribution in [0.1, 0.15) is 12.5 Å². The second kappa shape index (κ2) is 9.75. The van der Waals surface area contributed by atoms with Gasteiger partial charge < -0.3 is 14.8 Å². The molecule has 0 spiro atoms. The van der Waals surface area contributed by atoms with Crippen molar-refractivity contribution in [3.8, 4) is 11.5 Å². The summed E-state index contributed by atoms with van der Waals surface area (Å²) in [5, 5.41) is 3.42. The van der Waals surface area contributed by atoms with Crippen LogP contribution in [0, 0.1) is 0 Å². The van der Waals surface area contributed by atoms with E-state index < -0.39 is 0 Å². The minimum absolute atomic E-state index is 0.644. The first kappa shape index (κ1) is 15.9. The van der Waals surface area contributed by atoms with Crippen LogP contribution in [-0.4, -0.2) is 31.8 Å². The molecule has 0 aromatic heterocycles. The Labute approximate surface area is 120 Å². The Morgan fingerprint density at radius 3 is 2.89 bits per heavy atom. The molecule has 1 rings (SSSR count). The molecule has 19 heavy (non-hydrogen) atoms. The third-order valence-corrected chi connectivity index (χ3v) is 3.48. The molecule has 0 aliphatic carbocycles. The fourth-order valence-corrected chi connectivity index (χ4v) is 2.27. The van der Waals surface area contributed by atoms with Crippen molar-refractivity contribution in [3.63, 3.8) is 0 Å². The maximum atomic E-state index is 5.56. The van der Waals surface area contributed by atoms with E-state index in [0.717, 1.165) is 36.1 Å². The van der Waals surface area contributed by atoms with Gasteiger partial charge in [0.05, 0.1) is 13.7 Å². The molecule has 0 bridgehead atoms. The highest BCUT2D eigenvalue weighted by Crippen LogP contribution is 2.27. The first-order valence-electron chi connectivity index (χ1n) is 6.50. The Balaban J connectivity index is 2.41. The highest BCUT2D eigenvalue weighted by atomic mass is 32.2. The van der Waals surface area contributed by atoms with Gasteiger partial charge in [0, 0.05) is 24.6 Å². The highest BCUT2D eigenvalue weighted by molar-refractivity contribution is 7.99. The minimum Gasteiger partial charge on any atom is -0.493 e. The van der Waals surface area contributed by atoms with Gasteiger partial charge in [-0.1, -0.05) is 12.1 Å². The Morgan fingerprint density at radius 2 is 2.21 bits per heavy atom. The molecule has 0 saturated heterocycles. The van der Waals surface area contributed by atoms with Gasteiger partial charge in [0.1, 0.15) is 0 Å². The van der Waals surface area contributed by atoms with Crippen molar-refractivity contribution >= 4 is 11.8 Å². The van der Waals surface area contributed by atoms with E-state index in [4.69, 9.17) is 9.47 Å². The number of hydrogen-bond donors (Lipinski definition) is 1. The molecule has 0 saturated carbocycles. The largest absolute Gasteiger partial charge is 0.493 e. The number of hydrogen-bond acceptors (Lipinski definition) is 4. The van der Waals surface area contributed by atoms with Gasteiger partial charge >= 0.3 is 0 Å². The van der Waals surface area contributed by atoms with E-state index in [-0.39, 0.29) is 0 Å². The Morgan fingerprint density at radius 1 is 1.37 bits per heavy atom. The second-order valence-electron chi connectivity index (χ2n) is 3.96. The molecule has 0 aliphatic rings. The van der Waals surface area contributed by atoms with Crippen molar-refractivity contribution in [2.45, 2.75) is 13.5 Å². The molecule has 3 nitrogen and oxygen atoms in total. The summed E-state index contributed by atoms with van der Waals surface area (Å²) in [5.74, 6) is 3.71. The maximum Gasteiger partial charge on any atom is 0.161 e. The van der Waals surface area contributed by atoms with Gasteiger partial charge in [-0.05, 0) is 24.6 Å². The van der Waals surface area contributed by atoms with Crippen molar-refractivity contribution in [2.75, 3.05) is 31.8 Å². The summed E-state index contributed by atoms with van der Waals surface area (Å²) in [6, 6.07) is 6.05. The minimum atomic E-state index is 0.644. The zero-order chi connectivity index (χ0) is 13.9. The summed E-state index contributed by atoms with van der Waals surface area (Å²) in [5.41, 5.74) is 1.21. The second-order valence-corrected chi connectivity index (χ2v) is 5.11. The number of benzene rings is 1. The van der Waals surface area contributed by atoms with Crippen molar-refractivity contribution in [2.24, 2.45) is 0 Å². The van der Waals surface area contributed by atoms with Crippen LogP contribution in [0.4, 0.5) is 0 Å². The molecule has 106 valence electrons. The average molecular weight is 281 g/mol. The lowest BCUT2D eigenvalue weighted by Gasteiger charge is -2.11. The summed E-state index contributed by atoms with van der Waals surface area (Å²) in [6.45, 7) is 8.16. The van der Waals surface area contributed by atoms with Gasteiger partial charge in [0.2, 0.25) is 0 Å². The normalized spacial score (nSPS) is 10.2. The molecule has 1 aromatic carbocycles. The standard InChI is InChI=1S/C15H23NO2S/c1-4-9-19-10-8-16-12-13-6-7-14(17-3)15(11-13)18-5-2/h4,6-7,11,16H,1,5,8-10,12H2,2-3H3.